The van der Waals surface area contributed by atoms with Gasteiger partial charge in [0.15, 0.2) is 0 Å². The summed E-state index contributed by atoms with van der Waals surface area (Å²) in [7, 11) is -6.88. The molecule has 0 bridgehead atoms. The van der Waals surface area contributed by atoms with E-state index in [0.717, 1.165) is 6.26 Å². The summed E-state index contributed by atoms with van der Waals surface area (Å²) in [6.45, 7) is 1.44. The summed E-state index contributed by atoms with van der Waals surface area (Å²) in [5.41, 5.74) is 0. The van der Waals surface area contributed by atoms with E-state index in [1.807, 2.05) is 0 Å². The van der Waals surface area contributed by atoms with E-state index < -0.39 is 31.9 Å². The Bertz CT molecular complexity index is 452. The van der Waals surface area contributed by atoms with Crippen molar-refractivity contribution < 1.29 is 26.7 Å². The molecule has 1 unspecified atom stereocenters. The van der Waals surface area contributed by atoms with E-state index >= 15 is 0 Å². The van der Waals surface area contributed by atoms with E-state index in [1.165, 1.54) is 6.92 Å². The standard InChI is InChI=1S/C8H17NO6S2/c1-7(6-16(2,12)13)9-17(14,15)5-3-4-8(10)11/h7,9H,3-6H2,1-2H3,(H,10,11). The van der Waals surface area contributed by atoms with Gasteiger partial charge in [-0.25, -0.2) is 21.6 Å². The van der Waals surface area contributed by atoms with Crippen LogP contribution in [0.2, 0.25) is 0 Å². The summed E-state index contributed by atoms with van der Waals surface area (Å²) in [6.07, 6.45) is 0.778. The van der Waals surface area contributed by atoms with E-state index in [-0.39, 0.29) is 24.3 Å². The number of carboxylic acids is 1. The molecule has 0 saturated carbocycles. The van der Waals surface area contributed by atoms with Gasteiger partial charge in [-0.05, 0) is 13.3 Å². The molecule has 0 radical (unpaired) electrons. The number of aliphatic carboxylic acids is 1. The van der Waals surface area contributed by atoms with Crippen LogP contribution in [0.3, 0.4) is 0 Å². The van der Waals surface area contributed by atoms with E-state index in [9.17, 15) is 21.6 Å². The Morgan fingerprint density at radius 2 is 1.82 bits per heavy atom. The lowest BCUT2D eigenvalue weighted by Crippen LogP contribution is -2.38. The maximum Gasteiger partial charge on any atom is 0.303 e. The average Bonchev–Trinajstić information content (AvgIpc) is 1.96. The van der Waals surface area contributed by atoms with Gasteiger partial charge >= 0.3 is 5.97 Å². The summed E-state index contributed by atoms with van der Waals surface area (Å²) >= 11 is 0. The molecule has 0 amide bonds. The molecule has 0 rings (SSSR count). The minimum absolute atomic E-state index is 0.00371. The fourth-order valence-corrected chi connectivity index (χ4v) is 3.70. The number of rotatable bonds is 8. The third kappa shape index (κ3) is 10.2. The molecule has 102 valence electrons. The normalized spacial score (nSPS) is 14.5. The SMILES string of the molecule is CC(CS(C)(=O)=O)NS(=O)(=O)CCCC(=O)O. The van der Waals surface area contributed by atoms with Gasteiger partial charge in [0.1, 0.15) is 9.84 Å². The summed E-state index contributed by atoms with van der Waals surface area (Å²) < 4.78 is 46.8. The van der Waals surface area contributed by atoms with Gasteiger partial charge < -0.3 is 5.11 Å². The maximum atomic E-state index is 11.4. The Morgan fingerprint density at radius 1 is 1.29 bits per heavy atom. The van der Waals surface area contributed by atoms with Crippen molar-refractivity contribution in [3.63, 3.8) is 0 Å². The molecule has 2 N–H and O–H groups in total. The second-order valence-electron chi connectivity index (χ2n) is 3.93. The zero-order valence-electron chi connectivity index (χ0n) is 9.71. The van der Waals surface area contributed by atoms with Crippen molar-refractivity contribution in [3.05, 3.63) is 0 Å². The fourth-order valence-electron chi connectivity index (χ4n) is 1.27. The van der Waals surface area contributed by atoms with Crippen molar-refractivity contribution >= 4 is 25.8 Å². The molecule has 0 heterocycles. The summed E-state index contributed by atoms with van der Waals surface area (Å²) in [4.78, 5) is 10.2. The van der Waals surface area contributed by atoms with Gasteiger partial charge in [-0.3, -0.25) is 4.79 Å². The van der Waals surface area contributed by atoms with E-state index in [1.54, 1.807) is 0 Å². The number of hydrogen-bond donors (Lipinski definition) is 2. The highest BCUT2D eigenvalue weighted by molar-refractivity contribution is 7.91. The van der Waals surface area contributed by atoms with Crippen LogP contribution in [-0.2, 0) is 24.7 Å². The molecule has 0 aromatic heterocycles. The maximum absolute atomic E-state index is 11.4. The lowest BCUT2D eigenvalue weighted by atomic mass is 10.3. The zero-order chi connectivity index (χ0) is 13.7. The first-order chi connectivity index (χ1) is 7.52. The van der Waals surface area contributed by atoms with Crippen molar-refractivity contribution in [2.45, 2.75) is 25.8 Å². The molecule has 0 fully saturated rings. The van der Waals surface area contributed by atoms with Crippen molar-refractivity contribution in [2.24, 2.45) is 0 Å². The van der Waals surface area contributed by atoms with E-state index in [4.69, 9.17) is 5.11 Å². The first kappa shape index (κ1) is 16.3. The molecular formula is C8H17NO6S2. The quantitative estimate of drug-likeness (QED) is 0.603. The van der Waals surface area contributed by atoms with Crippen LogP contribution in [0.1, 0.15) is 19.8 Å². The molecule has 0 aromatic carbocycles. The van der Waals surface area contributed by atoms with Gasteiger partial charge in [0, 0.05) is 18.7 Å². The van der Waals surface area contributed by atoms with Gasteiger partial charge in [-0.15, -0.1) is 0 Å². The fraction of sp³-hybridized carbons (Fsp3) is 0.875. The van der Waals surface area contributed by atoms with Crippen LogP contribution < -0.4 is 4.72 Å². The number of carbonyl (C=O) groups is 1. The highest BCUT2D eigenvalue weighted by atomic mass is 32.2. The van der Waals surface area contributed by atoms with Crippen LogP contribution in [0, 0.1) is 0 Å². The highest BCUT2D eigenvalue weighted by Gasteiger charge is 2.18. The van der Waals surface area contributed by atoms with Crippen molar-refractivity contribution in [1.82, 2.24) is 4.72 Å². The molecule has 0 aliphatic carbocycles. The van der Waals surface area contributed by atoms with Gasteiger partial charge in [-0.1, -0.05) is 0 Å². The number of hydrogen-bond acceptors (Lipinski definition) is 5. The third-order valence-electron chi connectivity index (χ3n) is 1.74. The van der Waals surface area contributed by atoms with Crippen LogP contribution in [0.4, 0.5) is 0 Å². The summed E-state index contributed by atoms with van der Waals surface area (Å²) in [6, 6.07) is -0.722. The average molecular weight is 287 g/mol. The Hall–Kier alpha value is -0.670. The highest BCUT2D eigenvalue weighted by Crippen LogP contribution is 1.98. The number of nitrogens with one attached hydrogen (secondary N) is 1. The molecule has 0 aliphatic rings. The van der Waals surface area contributed by atoms with Crippen molar-refractivity contribution in [1.29, 1.82) is 0 Å². The van der Waals surface area contributed by atoms with Crippen LogP contribution in [0.15, 0.2) is 0 Å². The van der Waals surface area contributed by atoms with Gasteiger partial charge in [0.05, 0.1) is 11.5 Å². The zero-order valence-corrected chi connectivity index (χ0v) is 11.3. The Labute approximate surface area is 101 Å². The van der Waals surface area contributed by atoms with Crippen molar-refractivity contribution in [2.75, 3.05) is 17.8 Å². The molecule has 0 spiro atoms. The second kappa shape index (κ2) is 6.31. The van der Waals surface area contributed by atoms with Crippen LogP contribution >= 0.6 is 0 Å². The van der Waals surface area contributed by atoms with E-state index in [2.05, 4.69) is 4.72 Å². The molecule has 17 heavy (non-hydrogen) atoms. The Kier molecular flexibility index (Phi) is 6.06. The molecular weight excluding hydrogens is 270 g/mol. The predicted octanol–water partition coefficient (Wildman–Crippen LogP) is -0.796. The van der Waals surface area contributed by atoms with Gasteiger partial charge in [0.2, 0.25) is 10.0 Å². The lowest BCUT2D eigenvalue weighted by Gasteiger charge is -2.12. The molecule has 0 aliphatic heterocycles. The minimum atomic E-state index is -3.63. The van der Waals surface area contributed by atoms with Crippen molar-refractivity contribution in [3.8, 4) is 0 Å². The van der Waals surface area contributed by atoms with E-state index in [0.29, 0.717) is 0 Å². The first-order valence-corrected chi connectivity index (χ1v) is 8.62. The first-order valence-electron chi connectivity index (χ1n) is 4.91. The molecule has 0 saturated heterocycles. The van der Waals surface area contributed by atoms with Gasteiger partial charge in [-0.2, -0.15) is 0 Å². The minimum Gasteiger partial charge on any atom is -0.481 e. The topological polar surface area (TPSA) is 118 Å². The lowest BCUT2D eigenvalue weighted by molar-refractivity contribution is -0.137. The number of sulfonamides is 1. The van der Waals surface area contributed by atoms with Crippen LogP contribution in [-0.4, -0.2) is 51.7 Å². The smallest absolute Gasteiger partial charge is 0.303 e. The second-order valence-corrected chi connectivity index (χ2v) is 7.99. The molecule has 9 heteroatoms. The summed E-state index contributed by atoms with van der Waals surface area (Å²) in [5, 5.41) is 8.35. The number of carboxylic acid groups (broad SMARTS) is 1. The monoisotopic (exact) mass is 287 g/mol. The molecule has 7 nitrogen and oxygen atoms in total. The Morgan fingerprint density at radius 3 is 2.24 bits per heavy atom. The predicted molar refractivity (Wildman–Crippen MR) is 63.0 cm³/mol. The Balaban J connectivity index is 4.21. The third-order valence-corrected chi connectivity index (χ3v) is 4.43. The molecule has 0 aromatic rings. The molecule has 1 atom stereocenters. The largest absolute Gasteiger partial charge is 0.481 e. The number of sulfone groups is 1. The van der Waals surface area contributed by atoms with Crippen LogP contribution in [0.5, 0.6) is 0 Å². The van der Waals surface area contributed by atoms with Crippen LogP contribution in [0.25, 0.3) is 0 Å². The summed E-state index contributed by atoms with van der Waals surface area (Å²) in [5.74, 6) is -1.68. The van der Waals surface area contributed by atoms with Gasteiger partial charge in [0.25, 0.3) is 0 Å².